The molecule has 3 aromatic rings. The zero-order chi connectivity index (χ0) is 18.1. The number of benzene rings is 2. The molecule has 0 saturated carbocycles. The van der Waals surface area contributed by atoms with E-state index in [1.165, 1.54) is 0 Å². The van der Waals surface area contributed by atoms with Gasteiger partial charge in [-0.3, -0.25) is 14.7 Å². The van der Waals surface area contributed by atoms with E-state index in [-0.39, 0.29) is 12.1 Å². The first kappa shape index (κ1) is 16.1. The van der Waals surface area contributed by atoms with Crippen molar-refractivity contribution < 1.29 is 9.53 Å². The summed E-state index contributed by atoms with van der Waals surface area (Å²) in [4.78, 5) is 19.2. The number of aromatic nitrogens is 1. The fraction of sp³-hybridized carbons (Fsp3) is 0.143. The molecular formula is C21H19N3O2. The largest absolute Gasteiger partial charge is 0.497 e. The van der Waals surface area contributed by atoms with E-state index >= 15 is 0 Å². The number of nitrogens with one attached hydrogen (secondary N) is 1. The summed E-state index contributed by atoms with van der Waals surface area (Å²) in [5.74, 6) is 0.683. The summed E-state index contributed by atoms with van der Waals surface area (Å²) >= 11 is 0. The molecule has 0 bridgehead atoms. The second kappa shape index (κ2) is 6.52. The Bertz CT molecular complexity index is 953. The SMILES string of the molecule is COc1ccc(N2C(=O)c3cccnc3C2Nc2cccc(C)c2)cc1. The minimum atomic E-state index is -0.367. The Hall–Kier alpha value is -3.34. The Balaban J connectivity index is 1.76. The molecule has 26 heavy (non-hydrogen) atoms. The van der Waals surface area contributed by atoms with E-state index in [1.54, 1.807) is 24.3 Å². The maximum Gasteiger partial charge on any atom is 0.262 e. The summed E-state index contributed by atoms with van der Waals surface area (Å²) in [6.45, 7) is 2.04. The summed E-state index contributed by atoms with van der Waals surface area (Å²) in [5.41, 5.74) is 4.23. The van der Waals surface area contributed by atoms with Gasteiger partial charge in [0.2, 0.25) is 0 Å². The molecule has 1 aromatic heterocycles. The molecule has 0 spiro atoms. The lowest BCUT2D eigenvalue weighted by Crippen LogP contribution is -2.32. The number of methoxy groups -OCH3 is 1. The average molecular weight is 345 g/mol. The number of aryl methyl sites for hydroxylation is 1. The summed E-state index contributed by atoms with van der Waals surface area (Å²) in [5, 5.41) is 3.46. The van der Waals surface area contributed by atoms with Crippen LogP contribution in [-0.4, -0.2) is 18.0 Å². The maximum atomic E-state index is 13.0. The van der Waals surface area contributed by atoms with Gasteiger partial charge in [-0.05, 0) is 61.0 Å². The first-order chi connectivity index (χ1) is 12.7. The molecule has 1 atom stereocenters. The quantitative estimate of drug-likeness (QED) is 0.771. The minimum Gasteiger partial charge on any atom is -0.497 e. The highest BCUT2D eigenvalue weighted by molar-refractivity contribution is 6.11. The topological polar surface area (TPSA) is 54.5 Å². The first-order valence-corrected chi connectivity index (χ1v) is 8.43. The summed E-state index contributed by atoms with van der Waals surface area (Å²) in [7, 11) is 1.62. The van der Waals surface area contributed by atoms with Crippen LogP contribution in [0.1, 0.15) is 27.8 Å². The molecule has 2 aromatic carbocycles. The van der Waals surface area contributed by atoms with Crippen molar-refractivity contribution in [2.24, 2.45) is 0 Å². The van der Waals surface area contributed by atoms with Crippen molar-refractivity contribution in [1.29, 1.82) is 0 Å². The number of nitrogens with zero attached hydrogens (tertiary/aromatic N) is 2. The first-order valence-electron chi connectivity index (χ1n) is 8.43. The molecule has 0 saturated heterocycles. The molecule has 1 aliphatic heterocycles. The number of rotatable bonds is 4. The molecule has 1 aliphatic rings. The maximum absolute atomic E-state index is 13.0. The van der Waals surface area contributed by atoms with E-state index in [0.717, 1.165) is 28.4 Å². The molecule has 2 heterocycles. The third kappa shape index (κ3) is 2.77. The van der Waals surface area contributed by atoms with Crippen molar-refractivity contribution in [3.63, 3.8) is 0 Å². The van der Waals surface area contributed by atoms with E-state index in [4.69, 9.17) is 4.74 Å². The highest BCUT2D eigenvalue weighted by atomic mass is 16.5. The van der Waals surface area contributed by atoms with Crippen LogP contribution in [0, 0.1) is 6.92 Å². The van der Waals surface area contributed by atoms with Gasteiger partial charge in [-0.15, -0.1) is 0 Å². The van der Waals surface area contributed by atoms with E-state index in [0.29, 0.717) is 5.56 Å². The summed E-state index contributed by atoms with van der Waals surface area (Å²) in [6.07, 6.45) is 1.35. The smallest absolute Gasteiger partial charge is 0.262 e. The van der Waals surface area contributed by atoms with E-state index in [9.17, 15) is 4.79 Å². The van der Waals surface area contributed by atoms with E-state index in [2.05, 4.69) is 16.4 Å². The number of amides is 1. The number of hydrogen-bond acceptors (Lipinski definition) is 4. The normalized spacial score (nSPS) is 15.7. The molecule has 130 valence electrons. The van der Waals surface area contributed by atoms with Crippen molar-refractivity contribution in [3.8, 4) is 5.75 Å². The molecule has 1 unspecified atom stereocenters. The molecule has 5 heteroatoms. The lowest BCUT2D eigenvalue weighted by Gasteiger charge is -2.26. The van der Waals surface area contributed by atoms with Crippen molar-refractivity contribution in [3.05, 3.63) is 83.7 Å². The Morgan fingerprint density at radius 1 is 1.08 bits per heavy atom. The van der Waals surface area contributed by atoms with Crippen molar-refractivity contribution in [1.82, 2.24) is 4.98 Å². The fourth-order valence-corrected chi connectivity index (χ4v) is 3.22. The van der Waals surface area contributed by atoms with Crippen molar-refractivity contribution >= 4 is 17.3 Å². The monoisotopic (exact) mass is 345 g/mol. The van der Waals surface area contributed by atoms with Gasteiger partial charge in [0.25, 0.3) is 5.91 Å². The van der Waals surface area contributed by atoms with Crippen LogP contribution in [0.4, 0.5) is 11.4 Å². The van der Waals surface area contributed by atoms with Crippen LogP contribution in [0.15, 0.2) is 66.9 Å². The lowest BCUT2D eigenvalue weighted by molar-refractivity contribution is 0.0993. The molecule has 0 radical (unpaired) electrons. The van der Waals surface area contributed by atoms with Gasteiger partial charge in [-0.25, -0.2) is 0 Å². The molecular weight excluding hydrogens is 326 g/mol. The van der Waals surface area contributed by atoms with Gasteiger partial charge in [-0.1, -0.05) is 12.1 Å². The van der Waals surface area contributed by atoms with Crippen LogP contribution >= 0.6 is 0 Å². The second-order valence-electron chi connectivity index (χ2n) is 6.23. The van der Waals surface area contributed by atoms with Gasteiger partial charge >= 0.3 is 0 Å². The highest BCUT2D eigenvalue weighted by Crippen LogP contribution is 2.37. The van der Waals surface area contributed by atoms with Gasteiger partial charge in [0, 0.05) is 17.6 Å². The average Bonchev–Trinajstić information content (AvgIpc) is 2.94. The Morgan fingerprint density at radius 3 is 2.62 bits per heavy atom. The summed E-state index contributed by atoms with van der Waals surface area (Å²) < 4.78 is 5.22. The minimum absolute atomic E-state index is 0.0663. The van der Waals surface area contributed by atoms with Gasteiger partial charge < -0.3 is 10.1 Å². The van der Waals surface area contributed by atoms with E-state index in [1.807, 2.05) is 55.5 Å². The second-order valence-corrected chi connectivity index (χ2v) is 6.23. The van der Waals surface area contributed by atoms with Crippen LogP contribution in [0.3, 0.4) is 0 Å². The number of ether oxygens (including phenoxy) is 1. The third-order valence-corrected chi connectivity index (χ3v) is 4.48. The van der Waals surface area contributed by atoms with Crippen LogP contribution in [0.25, 0.3) is 0 Å². The van der Waals surface area contributed by atoms with E-state index < -0.39 is 0 Å². The fourth-order valence-electron chi connectivity index (χ4n) is 3.22. The summed E-state index contributed by atoms with van der Waals surface area (Å²) in [6, 6.07) is 19.1. The van der Waals surface area contributed by atoms with Gasteiger partial charge in [-0.2, -0.15) is 0 Å². The molecule has 4 rings (SSSR count). The zero-order valence-corrected chi connectivity index (χ0v) is 14.6. The predicted octanol–water partition coefficient (Wildman–Crippen LogP) is 4.17. The Kier molecular flexibility index (Phi) is 4.05. The number of anilines is 2. The number of fused-ring (bicyclic) bond motifs is 1. The Morgan fingerprint density at radius 2 is 1.88 bits per heavy atom. The van der Waals surface area contributed by atoms with Crippen molar-refractivity contribution in [2.75, 3.05) is 17.3 Å². The van der Waals surface area contributed by atoms with Gasteiger partial charge in [0.05, 0.1) is 18.4 Å². The van der Waals surface area contributed by atoms with Crippen molar-refractivity contribution in [2.45, 2.75) is 13.1 Å². The number of carbonyl (C=O) groups is 1. The number of hydrogen-bond donors (Lipinski definition) is 1. The van der Waals surface area contributed by atoms with Crippen LogP contribution < -0.4 is 15.0 Å². The Labute approximate surface area is 152 Å². The van der Waals surface area contributed by atoms with Gasteiger partial charge in [0.1, 0.15) is 5.75 Å². The standard InChI is InChI=1S/C21H19N3O2/c1-14-5-3-6-15(13-14)23-20-19-18(7-4-12-22-19)21(25)24(20)16-8-10-17(26-2)11-9-16/h3-13,20,23H,1-2H3. The van der Waals surface area contributed by atoms with Crippen LogP contribution in [0.2, 0.25) is 0 Å². The predicted molar refractivity (Wildman–Crippen MR) is 102 cm³/mol. The molecule has 5 nitrogen and oxygen atoms in total. The number of pyridine rings is 1. The lowest BCUT2D eigenvalue weighted by atomic mass is 10.2. The molecule has 0 aliphatic carbocycles. The third-order valence-electron chi connectivity index (χ3n) is 4.48. The number of carbonyl (C=O) groups excluding carboxylic acids is 1. The molecule has 1 amide bonds. The van der Waals surface area contributed by atoms with Gasteiger partial charge in [0.15, 0.2) is 6.17 Å². The molecule has 1 N–H and O–H groups in total. The molecule has 0 fully saturated rings. The van der Waals surface area contributed by atoms with Crippen LogP contribution in [-0.2, 0) is 0 Å². The highest BCUT2D eigenvalue weighted by Gasteiger charge is 2.38. The zero-order valence-electron chi connectivity index (χ0n) is 14.6. The van der Waals surface area contributed by atoms with Crippen LogP contribution in [0.5, 0.6) is 5.75 Å².